The summed E-state index contributed by atoms with van der Waals surface area (Å²) in [6.45, 7) is 2.90. The summed E-state index contributed by atoms with van der Waals surface area (Å²) in [6.07, 6.45) is 4.62. The van der Waals surface area contributed by atoms with Crippen LogP contribution in [0, 0.1) is 17.0 Å². The number of hydrogen-bond acceptors (Lipinski definition) is 7. The van der Waals surface area contributed by atoms with Crippen LogP contribution in [-0.2, 0) is 26.0 Å². The smallest absolute Gasteiger partial charge is 0.273 e. The van der Waals surface area contributed by atoms with Crippen molar-refractivity contribution >= 4 is 33.2 Å². The Hall–Kier alpha value is -4.45. The minimum atomic E-state index is -4.47. The van der Waals surface area contributed by atoms with Crippen molar-refractivity contribution in [1.82, 2.24) is 10.2 Å². The number of carbonyl (C=O) groups excluding carboxylic acids is 2. The molecule has 0 radical (unpaired) electrons. The van der Waals surface area contributed by atoms with Crippen LogP contribution in [0.5, 0.6) is 5.75 Å². The molecule has 240 valence electrons. The minimum absolute atomic E-state index is 0.0473. The highest BCUT2D eigenvalue weighted by atomic mass is 32.2. The molecule has 1 aliphatic carbocycles. The van der Waals surface area contributed by atoms with E-state index >= 15 is 0 Å². The van der Waals surface area contributed by atoms with Crippen molar-refractivity contribution in [2.45, 2.75) is 69.4 Å². The lowest BCUT2D eigenvalue weighted by Gasteiger charge is -2.33. The Kier molecular flexibility index (Phi) is 11.2. The van der Waals surface area contributed by atoms with Crippen LogP contribution in [0.25, 0.3) is 0 Å². The average molecular weight is 637 g/mol. The summed E-state index contributed by atoms with van der Waals surface area (Å²) in [4.78, 5) is 39.9. The molecule has 0 bridgehead atoms. The first kappa shape index (κ1) is 33.4. The summed E-state index contributed by atoms with van der Waals surface area (Å²) in [5.74, 6) is -0.355. The number of nitrogens with one attached hydrogen (secondary N) is 1. The summed E-state index contributed by atoms with van der Waals surface area (Å²) in [7, 11) is -3.00. The van der Waals surface area contributed by atoms with Crippen molar-refractivity contribution in [2.75, 3.05) is 24.5 Å². The number of nitro groups is 1. The number of benzene rings is 3. The van der Waals surface area contributed by atoms with E-state index in [1.54, 1.807) is 12.1 Å². The Morgan fingerprint density at radius 2 is 1.71 bits per heavy atom. The van der Waals surface area contributed by atoms with E-state index in [4.69, 9.17) is 4.74 Å². The van der Waals surface area contributed by atoms with E-state index in [9.17, 15) is 28.1 Å². The predicted octanol–water partition coefficient (Wildman–Crippen LogP) is 5.02. The number of carbonyl (C=O) groups is 2. The molecule has 0 aliphatic heterocycles. The Bertz CT molecular complexity index is 1590. The fraction of sp³-hybridized carbons (Fsp3) is 0.394. The predicted molar refractivity (Wildman–Crippen MR) is 172 cm³/mol. The fourth-order valence-electron chi connectivity index (χ4n) is 5.61. The van der Waals surface area contributed by atoms with Gasteiger partial charge in [-0.15, -0.1) is 0 Å². The van der Waals surface area contributed by atoms with Gasteiger partial charge < -0.3 is 15.0 Å². The molecule has 0 heterocycles. The highest BCUT2D eigenvalue weighted by Crippen LogP contribution is 2.29. The molecular formula is C33H40N4O7S. The van der Waals surface area contributed by atoms with Gasteiger partial charge in [0.05, 0.1) is 22.6 Å². The molecule has 11 nitrogen and oxygen atoms in total. The van der Waals surface area contributed by atoms with Gasteiger partial charge in [0.25, 0.3) is 15.7 Å². The van der Waals surface area contributed by atoms with E-state index in [2.05, 4.69) is 5.32 Å². The van der Waals surface area contributed by atoms with Crippen LogP contribution in [-0.4, -0.2) is 62.3 Å². The molecule has 3 aromatic carbocycles. The first-order valence-electron chi connectivity index (χ1n) is 15.1. The number of hydrogen-bond donors (Lipinski definition) is 1. The Morgan fingerprint density at radius 1 is 1.04 bits per heavy atom. The molecule has 1 atom stereocenters. The number of sulfonamides is 1. The van der Waals surface area contributed by atoms with Crippen LogP contribution in [0.2, 0.25) is 0 Å². The highest BCUT2D eigenvalue weighted by Gasteiger charge is 2.35. The van der Waals surface area contributed by atoms with Crippen LogP contribution in [0.3, 0.4) is 0 Å². The van der Waals surface area contributed by atoms with Gasteiger partial charge in [-0.1, -0.05) is 56.2 Å². The molecule has 4 rings (SSSR count). The van der Waals surface area contributed by atoms with E-state index in [1.807, 2.05) is 37.3 Å². The van der Waals surface area contributed by atoms with Crippen molar-refractivity contribution in [1.29, 1.82) is 0 Å². The zero-order valence-corrected chi connectivity index (χ0v) is 26.7. The number of rotatable bonds is 14. The van der Waals surface area contributed by atoms with Crippen LogP contribution < -0.4 is 14.4 Å². The third-order valence-electron chi connectivity index (χ3n) is 8.18. The summed E-state index contributed by atoms with van der Waals surface area (Å²) in [6, 6.07) is 18.6. The van der Waals surface area contributed by atoms with Gasteiger partial charge >= 0.3 is 0 Å². The summed E-state index contributed by atoms with van der Waals surface area (Å²) >= 11 is 0. The molecule has 45 heavy (non-hydrogen) atoms. The van der Waals surface area contributed by atoms with Gasteiger partial charge in [-0.2, -0.15) is 0 Å². The number of anilines is 1. The molecule has 12 heteroatoms. The van der Waals surface area contributed by atoms with Gasteiger partial charge in [0.2, 0.25) is 11.8 Å². The molecule has 1 aliphatic rings. The largest absolute Gasteiger partial charge is 0.497 e. The first-order chi connectivity index (χ1) is 21.5. The van der Waals surface area contributed by atoms with Gasteiger partial charge in [-0.05, 0) is 68.5 Å². The number of nitro benzene ring substituents is 1. The Labute approximate surface area is 264 Å². The summed E-state index contributed by atoms with van der Waals surface area (Å²) < 4.78 is 34.4. The quantitative estimate of drug-likeness (QED) is 0.194. The van der Waals surface area contributed by atoms with E-state index in [0.29, 0.717) is 24.2 Å². The Morgan fingerprint density at radius 3 is 2.31 bits per heavy atom. The molecule has 0 unspecified atom stereocenters. The average Bonchev–Trinajstić information content (AvgIpc) is 3.55. The van der Waals surface area contributed by atoms with Crippen molar-refractivity contribution in [3.63, 3.8) is 0 Å². The van der Waals surface area contributed by atoms with Crippen molar-refractivity contribution in [3.05, 3.63) is 94.0 Å². The number of nitrogens with zero attached hydrogens (tertiary/aromatic N) is 3. The monoisotopic (exact) mass is 636 g/mol. The fourth-order valence-corrected chi connectivity index (χ4v) is 7.05. The van der Waals surface area contributed by atoms with Gasteiger partial charge in [-0.25, -0.2) is 8.42 Å². The number of ether oxygens (including phenoxy) is 1. The lowest BCUT2D eigenvalue weighted by Crippen LogP contribution is -2.54. The maximum absolute atomic E-state index is 14.2. The van der Waals surface area contributed by atoms with E-state index in [0.717, 1.165) is 41.6 Å². The van der Waals surface area contributed by atoms with Gasteiger partial charge in [0.1, 0.15) is 18.3 Å². The molecule has 0 saturated heterocycles. The maximum atomic E-state index is 14.2. The van der Waals surface area contributed by atoms with E-state index in [-0.39, 0.29) is 34.8 Å². The summed E-state index contributed by atoms with van der Waals surface area (Å²) in [5.41, 5.74) is 1.08. The third-order valence-corrected chi connectivity index (χ3v) is 9.95. The SMILES string of the molecule is CC[C@H](C(=O)NC1CCCC1)N(CCc1ccccc1)C(=O)CN(c1ccc(OC)cc1)S(=O)(=O)c1ccc(C)c([N+](=O)[O-])c1. The summed E-state index contributed by atoms with van der Waals surface area (Å²) in [5, 5.41) is 14.7. The second-order valence-electron chi connectivity index (χ2n) is 11.2. The molecule has 0 aromatic heterocycles. The molecule has 1 fully saturated rings. The van der Waals surface area contributed by atoms with Gasteiger partial charge in [0, 0.05) is 24.2 Å². The second kappa shape index (κ2) is 15.0. The highest BCUT2D eigenvalue weighted by molar-refractivity contribution is 7.92. The van der Waals surface area contributed by atoms with Crippen LogP contribution in [0.4, 0.5) is 11.4 Å². The second-order valence-corrected chi connectivity index (χ2v) is 13.0. The van der Waals surface area contributed by atoms with Gasteiger partial charge in [0.15, 0.2) is 0 Å². The zero-order chi connectivity index (χ0) is 32.6. The van der Waals surface area contributed by atoms with Crippen molar-refractivity contribution in [2.24, 2.45) is 0 Å². The maximum Gasteiger partial charge on any atom is 0.273 e. The topological polar surface area (TPSA) is 139 Å². The van der Waals surface area contributed by atoms with E-state index in [1.165, 1.54) is 43.2 Å². The molecule has 3 aromatic rings. The molecular weight excluding hydrogens is 596 g/mol. The van der Waals surface area contributed by atoms with E-state index < -0.39 is 33.4 Å². The number of aryl methyl sites for hydroxylation is 1. The van der Waals surface area contributed by atoms with Crippen LogP contribution in [0.15, 0.2) is 77.7 Å². The van der Waals surface area contributed by atoms with Crippen LogP contribution in [0.1, 0.15) is 50.2 Å². The Balaban J connectivity index is 1.72. The zero-order valence-electron chi connectivity index (χ0n) is 25.8. The normalized spacial score (nSPS) is 14.0. The minimum Gasteiger partial charge on any atom is -0.497 e. The van der Waals surface area contributed by atoms with Gasteiger partial charge in [-0.3, -0.25) is 24.0 Å². The van der Waals surface area contributed by atoms with Crippen molar-refractivity contribution < 1.29 is 27.7 Å². The van der Waals surface area contributed by atoms with Crippen LogP contribution >= 0.6 is 0 Å². The molecule has 1 N–H and O–H groups in total. The molecule has 0 spiro atoms. The lowest BCUT2D eigenvalue weighted by molar-refractivity contribution is -0.385. The standard InChI is InChI=1S/C33H40N4O7S/c1-4-30(33(39)34-26-12-8-9-13-26)35(21-20-25-10-6-5-7-11-25)32(38)23-36(27-15-17-28(44-3)18-16-27)45(42,43)29-19-14-24(2)31(22-29)37(40)41/h5-7,10-11,14-19,22,26,30H,4,8-9,12-13,20-21,23H2,1-3H3,(H,34,39)/t30-/m1/s1. The first-order valence-corrected chi connectivity index (χ1v) is 16.5. The lowest BCUT2D eigenvalue weighted by atomic mass is 10.1. The molecule has 1 saturated carbocycles. The van der Waals surface area contributed by atoms with Crippen molar-refractivity contribution in [3.8, 4) is 5.75 Å². The number of methoxy groups -OCH3 is 1. The third kappa shape index (κ3) is 8.18. The number of amides is 2. The molecule has 2 amide bonds.